The zero-order valence-electron chi connectivity index (χ0n) is 23.9. The number of hydrogen-bond acceptors (Lipinski definition) is 7. The van der Waals surface area contributed by atoms with Gasteiger partial charge in [0.2, 0.25) is 5.36 Å². The highest BCUT2D eigenvalue weighted by Gasteiger charge is 2.24. The molecule has 4 rings (SSSR count). The summed E-state index contributed by atoms with van der Waals surface area (Å²) in [5, 5.41) is 51.8. The fraction of sp³-hybridized carbons (Fsp3) is 0.375. The molecule has 1 aliphatic heterocycles. The van der Waals surface area contributed by atoms with Gasteiger partial charge in [-0.05, 0) is 57.5 Å². The van der Waals surface area contributed by atoms with Crippen molar-refractivity contribution in [2.24, 2.45) is 0 Å². The van der Waals surface area contributed by atoms with Gasteiger partial charge in [0.15, 0.2) is 13.1 Å². The minimum atomic E-state index is -1.05. The molecule has 218 valence electrons. The van der Waals surface area contributed by atoms with Crippen molar-refractivity contribution < 1.29 is 34.7 Å². The maximum Gasteiger partial charge on any atom is 0.336 e. The standard InChI is InChI=1S/C32H38N2O7/c1-19(35)15-33(16-20(2)36)23-9-11-27-29(13-23)41-30-14-24(34(17-21(3)37)18-22(4)38)10-12-28(30)31(27)25-7-5-6-8-26(25)32(39)40/h5-14,19-22,35-38H,15-18H2,1-4H3/p+1. The molecule has 4 atom stereocenters. The van der Waals surface area contributed by atoms with Crippen molar-refractivity contribution in [3.8, 4) is 22.5 Å². The number of hydrogen-bond donors (Lipinski definition) is 5. The molecule has 9 heteroatoms. The third-order valence-corrected chi connectivity index (χ3v) is 6.78. The molecule has 0 saturated carbocycles. The van der Waals surface area contributed by atoms with E-state index < -0.39 is 30.4 Å². The van der Waals surface area contributed by atoms with Gasteiger partial charge in [-0.25, -0.2) is 9.37 Å². The minimum Gasteiger partial charge on any atom is -0.478 e. The third-order valence-electron chi connectivity index (χ3n) is 6.78. The number of benzene rings is 3. The average molecular weight is 564 g/mol. The first-order chi connectivity index (χ1) is 19.4. The summed E-state index contributed by atoms with van der Waals surface area (Å²) in [6.45, 7) is 7.94. The normalized spacial score (nSPS) is 14.5. The zero-order valence-corrected chi connectivity index (χ0v) is 23.9. The Morgan fingerprint density at radius 1 is 0.805 bits per heavy atom. The molecule has 0 aromatic heterocycles. The summed E-state index contributed by atoms with van der Waals surface area (Å²) >= 11 is 0. The van der Waals surface area contributed by atoms with E-state index in [1.165, 1.54) is 0 Å². The van der Waals surface area contributed by atoms with Gasteiger partial charge in [-0.1, -0.05) is 18.2 Å². The Kier molecular flexibility index (Phi) is 9.45. The Balaban J connectivity index is 2.07. The largest absolute Gasteiger partial charge is 0.478 e. The summed E-state index contributed by atoms with van der Waals surface area (Å²) in [7, 11) is 0. The quantitative estimate of drug-likeness (QED) is 0.139. The van der Waals surface area contributed by atoms with Crippen molar-refractivity contribution in [1.29, 1.82) is 0 Å². The molecule has 4 unspecified atom stereocenters. The Morgan fingerprint density at radius 2 is 1.44 bits per heavy atom. The number of carbonyl (C=O) groups is 1. The molecular weight excluding hydrogens is 524 g/mol. The lowest BCUT2D eigenvalue weighted by Gasteiger charge is -2.28. The van der Waals surface area contributed by atoms with Crippen LogP contribution in [0.3, 0.4) is 0 Å². The van der Waals surface area contributed by atoms with Crippen LogP contribution in [0.2, 0.25) is 0 Å². The lowest BCUT2D eigenvalue weighted by Crippen LogP contribution is -2.39. The van der Waals surface area contributed by atoms with Crippen LogP contribution in [0.4, 0.5) is 5.69 Å². The molecule has 9 nitrogen and oxygen atoms in total. The first-order valence-corrected chi connectivity index (χ1v) is 13.8. The van der Waals surface area contributed by atoms with E-state index >= 15 is 0 Å². The van der Waals surface area contributed by atoms with E-state index in [2.05, 4.69) is 0 Å². The highest BCUT2D eigenvalue weighted by molar-refractivity contribution is 6.07. The number of carboxylic acids is 1. The van der Waals surface area contributed by atoms with Gasteiger partial charge in [-0.15, -0.1) is 0 Å². The second-order valence-corrected chi connectivity index (χ2v) is 10.9. The van der Waals surface area contributed by atoms with Crippen LogP contribution in [-0.2, 0) is 0 Å². The van der Waals surface area contributed by atoms with Gasteiger partial charge in [-0.3, -0.25) is 0 Å². The van der Waals surface area contributed by atoms with Gasteiger partial charge in [0.05, 0.1) is 23.8 Å². The maximum atomic E-state index is 12.2. The maximum absolute atomic E-state index is 12.2. The van der Waals surface area contributed by atoms with Crippen LogP contribution < -0.4 is 14.8 Å². The molecule has 1 aliphatic carbocycles. The molecule has 0 amide bonds. The minimum absolute atomic E-state index is 0.157. The fourth-order valence-electron chi connectivity index (χ4n) is 5.29. The molecule has 5 N–H and O–H groups in total. The molecule has 0 bridgehead atoms. The number of rotatable bonds is 11. The van der Waals surface area contributed by atoms with E-state index in [1.807, 2.05) is 45.9 Å². The summed E-state index contributed by atoms with van der Waals surface area (Å²) in [4.78, 5) is 14.1. The van der Waals surface area contributed by atoms with Gasteiger partial charge in [-0.2, -0.15) is 0 Å². The van der Waals surface area contributed by atoms with Gasteiger partial charge >= 0.3 is 5.97 Å². The van der Waals surface area contributed by atoms with E-state index in [0.717, 1.165) is 11.0 Å². The number of anilines is 1. The SMILES string of the molecule is CC(O)CN(CC(C)O)c1ccc2c(-c3ccccc3C(=O)O)c3ccc(=[N+](CC(C)O)CC(C)O)cc-3oc2c1. The fourth-order valence-corrected chi connectivity index (χ4v) is 5.29. The molecule has 0 spiro atoms. The average Bonchev–Trinajstić information content (AvgIpc) is 2.89. The highest BCUT2D eigenvalue weighted by Crippen LogP contribution is 2.42. The van der Waals surface area contributed by atoms with E-state index in [1.54, 1.807) is 52.0 Å². The highest BCUT2D eigenvalue weighted by atomic mass is 16.4. The van der Waals surface area contributed by atoms with Crippen molar-refractivity contribution in [2.45, 2.75) is 52.1 Å². The van der Waals surface area contributed by atoms with Crippen molar-refractivity contribution in [3.05, 3.63) is 71.6 Å². The molecule has 0 radical (unpaired) electrons. The van der Waals surface area contributed by atoms with Crippen LogP contribution in [0, 0.1) is 0 Å². The Hall–Kier alpha value is -3.76. The van der Waals surface area contributed by atoms with Gasteiger partial charge < -0.3 is 34.8 Å². The van der Waals surface area contributed by atoms with Crippen LogP contribution in [0.1, 0.15) is 38.1 Å². The van der Waals surface area contributed by atoms with E-state index in [-0.39, 0.29) is 5.56 Å². The molecule has 2 aliphatic rings. The number of carboxylic acid groups (broad SMARTS) is 1. The summed E-state index contributed by atoms with van der Waals surface area (Å²) in [5.41, 5.74) is 3.35. The third kappa shape index (κ3) is 7.12. The smallest absolute Gasteiger partial charge is 0.336 e. The van der Waals surface area contributed by atoms with Crippen molar-refractivity contribution in [3.63, 3.8) is 0 Å². The first kappa shape index (κ1) is 30.2. The first-order valence-electron chi connectivity index (χ1n) is 13.8. The predicted octanol–water partition coefficient (Wildman–Crippen LogP) is 3.00. The topological polar surface area (TPSA) is 138 Å². The lowest BCUT2D eigenvalue weighted by molar-refractivity contribution is 0.0697. The zero-order chi connectivity index (χ0) is 29.8. The Bertz CT molecular complexity index is 1530. The summed E-state index contributed by atoms with van der Waals surface area (Å²) in [6.07, 6.45) is -2.53. The second-order valence-electron chi connectivity index (χ2n) is 10.9. The molecule has 2 aromatic carbocycles. The number of fused-ring (bicyclic) bond motifs is 2. The Labute approximate surface area is 239 Å². The van der Waals surface area contributed by atoms with Crippen molar-refractivity contribution in [1.82, 2.24) is 4.58 Å². The molecular formula is C32H39N2O7+. The Morgan fingerprint density at radius 3 is 2.02 bits per heavy atom. The van der Waals surface area contributed by atoms with E-state index in [9.17, 15) is 30.3 Å². The van der Waals surface area contributed by atoms with Gasteiger partial charge in [0.25, 0.3) is 0 Å². The van der Waals surface area contributed by atoms with Gasteiger partial charge in [0.1, 0.15) is 23.6 Å². The van der Waals surface area contributed by atoms with Gasteiger partial charge in [0, 0.05) is 47.4 Å². The summed E-state index contributed by atoms with van der Waals surface area (Å²) < 4.78 is 8.34. The van der Waals surface area contributed by atoms with E-state index in [0.29, 0.717) is 59.6 Å². The second kappa shape index (κ2) is 12.8. The predicted molar refractivity (Wildman–Crippen MR) is 159 cm³/mol. The van der Waals surface area contributed by atoms with E-state index in [4.69, 9.17) is 4.42 Å². The van der Waals surface area contributed by atoms with Crippen LogP contribution >= 0.6 is 0 Å². The molecule has 41 heavy (non-hydrogen) atoms. The monoisotopic (exact) mass is 563 g/mol. The van der Waals surface area contributed by atoms with Crippen LogP contribution in [0.15, 0.2) is 65.1 Å². The number of aliphatic hydroxyl groups excluding tert-OH is 4. The van der Waals surface area contributed by atoms with Crippen LogP contribution in [0.25, 0.3) is 33.4 Å². The number of aromatic carboxylic acids is 1. The van der Waals surface area contributed by atoms with Crippen LogP contribution in [0.5, 0.6) is 0 Å². The molecule has 0 fully saturated rings. The summed E-state index contributed by atoms with van der Waals surface area (Å²) in [6, 6.07) is 18.0. The molecule has 0 saturated heterocycles. The lowest BCUT2D eigenvalue weighted by atomic mass is 9.90. The van der Waals surface area contributed by atoms with Crippen LogP contribution in [-0.4, -0.2) is 82.1 Å². The molecule has 2 aromatic rings. The van der Waals surface area contributed by atoms with Crippen molar-refractivity contribution >= 4 is 22.6 Å². The number of aliphatic hydroxyl groups is 4. The van der Waals surface area contributed by atoms with Crippen molar-refractivity contribution in [2.75, 3.05) is 31.1 Å². The summed E-state index contributed by atoms with van der Waals surface area (Å²) in [5.74, 6) is -0.544. The number of nitrogens with zero attached hydrogens (tertiary/aromatic N) is 2. The molecule has 1 heterocycles.